The van der Waals surface area contributed by atoms with Crippen molar-refractivity contribution in [1.29, 1.82) is 5.26 Å². The summed E-state index contributed by atoms with van der Waals surface area (Å²) in [6, 6.07) is 20.2. The molecule has 160 valence electrons. The Bertz CT molecular complexity index is 1290. The van der Waals surface area contributed by atoms with Crippen LogP contribution in [0.3, 0.4) is 0 Å². The Labute approximate surface area is 189 Å². The molecule has 0 spiro atoms. The van der Waals surface area contributed by atoms with Gasteiger partial charge in [0.05, 0.1) is 11.4 Å². The smallest absolute Gasteiger partial charge is 0.273 e. The molecule has 2 heterocycles. The lowest BCUT2D eigenvalue weighted by Gasteiger charge is -2.03. The summed E-state index contributed by atoms with van der Waals surface area (Å²) in [6.45, 7) is 0.376. The number of aromatic nitrogens is 3. The Kier molecular flexibility index (Phi) is 6.19. The number of carbonyl (C=O) groups is 1. The first kappa shape index (κ1) is 21.2. The van der Waals surface area contributed by atoms with E-state index in [1.165, 1.54) is 0 Å². The Balaban J connectivity index is 1.36. The van der Waals surface area contributed by atoms with E-state index in [4.69, 9.17) is 21.9 Å². The molecule has 3 N–H and O–H groups in total. The van der Waals surface area contributed by atoms with Crippen LogP contribution in [0.2, 0.25) is 5.02 Å². The molecule has 32 heavy (non-hydrogen) atoms. The fraction of sp³-hybridized carbons (Fsp3) is 0.130. The third kappa shape index (κ3) is 4.48. The minimum absolute atomic E-state index is 0.176. The highest BCUT2D eigenvalue weighted by molar-refractivity contribution is 6.30. The third-order valence-electron chi connectivity index (χ3n) is 4.83. The number of nitrogens with two attached hydrogens (primary N) is 1. The van der Waals surface area contributed by atoms with E-state index in [0.717, 1.165) is 11.3 Å². The first-order chi connectivity index (χ1) is 15.6. The number of aryl methyl sites for hydroxylation is 1. The van der Waals surface area contributed by atoms with Crippen LogP contribution in [0, 0.1) is 11.3 Å². The molecule has 9 heteroatoms. The van der Waals surface area contributed by atoms with Crippen molar-refractivity contribution in [2.75, 3.05) is 12.3 Å². The summed E-state index contributed by atoms with van der Waals surface area (Å²) < 4.78 is 6.81. The zero-order valence-corrected chi connectivity index (χ0v) is 17.7. The highest BCUT2D eigenvalue weighted by atomic mass is 35.5. The second-order valence-electron chi connectivity index (χ2n) is 7.01. The average molecular weight is 447 g/mol. The van der Waals surface area contributed by atoms with Crippen LogP contribution in [-0.4, -0.2) is 27.4 Å². The minimum atomic E-state index is -0.350. The SMILES string of the molecule is N#Cc1c(CCCNC(=O)c2cc(-c3cccc(Cl)c3)on2)nn(-c2ccccc2)c1N. The molecule has 0 radical (unpaired) electrons. The summed E-state index contributed by atoms with van der Waals surface area (Å²) in [7, 11) is 0. The maximum absolute atomic E-state index is 12.4. The Morgan fingerprint density at radius 2 is 2.00 bits per heavy atom. The van der Waals surface area contributed by atoms with Gasteiger partial charge in [-0.1, -0.05) is 47.1 Å². The van der Waals surface area contributed by atoms with E-state index in [2.05, 4.69) is 21.6 Å². The quantitative estimate of drug-likeness (QED) is 0.413. The summed E-state index contributed by atoms with van der Waals surface area (Å²) in [5, 5.41) is 21.2. The van der Waals surface area contributed by atoms with Crippen molar-refractivity contribution in [3.8, 4) is 23.1 Å². The molecule has 4 rings (SSSR count). The van der Waals surface area contributed by atoms with Gasteiger partial charge in [-0.05, 0) is 37.1 Å². The van der Waals surface area contributed by atoms with Gasteiger partial charge in [-0.3, -0.25) is 4.79 Å². The van der Waals surface area contributed by atoms with Crippen LogP contribution in [-0.2, 0) is 6.42 Å². The second-order valence-corrected chi connectivity index (χ2v) is 7.45. The number of rotatable bonds is 7. The molecule has 0 fully saturated rings. The van der Waals surface area contributed by atoms with Crippen molar-refractivity contribution in [2.45, 2.75) is 12.8 Å². The van der Waals surface area contributed by atoms with Gasteiger partial charge in [-0.15, -0.1) is 0 Å². The molecular weight excluding hydrogens is 428 g/mol. The number of nitriles is 1. The molecule has 0 atom stereocenters. The number of amides is 1. The average Bonchev–Trinajstić information content (AvgIpc) is 3.42. The van der Waals surface area contributed by atoms with E-state index >= 15 is 0 Å². The van der Waals surface area contributed by atoms with Crippen LogP contribution in [0.15, 0.2) is 65.2 Å². The van der Waals surface area contributed by atoms with Gasteiger partial charge in [0, 0.05) is 23.2 Å². The lowest BCUT2D eigenvalue weighted by Crippen LogP contribution is -2.25. The van der Waals surface area contributed by atoms with Crippen molar-refractivity contribution in [2.24, 2.45) is 0 Å². The van der Waals surface area contributed by atoms with E-state index in [1.807, 2.05) is 36.4 Å². The number of anilines is 1. The van der Waals surface area contributed by atoms with Crippen LogP contribution in [0.1, 0.15) is 28.2 Å². The van der Waals surface area contributed by atoms with Gasteiger partial charge in [0.2, 0.25) is 0 Å². The fourth-order valence-corrected chi connectivity index (χ4v) is 3.44. The van der Waals surface area contributed by atoms with E-state index in [1.54, 1.807) is 28.9 Å². The van der Waals surface area contributed by atoms with Gasteiger partial charge >= 0.3 is 0 Å². The summed E-state index contributed by atoms with van der Waals surface area (Å²) in [5.74, 6) is 0.406. The maximum atomic E-state index is 12.4. The van der Waals surface area contributed by atoms with Crippen molar-refractivity contribution < 1.29 is 9.32 Å². The monoisotopic (exact) mass is 446 g/mol. The minimum Gasteiger partial charge on any atom is -0.382 e. The molecular formula is C23H19ClN6O2. The molecule has 0 unspecified atom stereocenters. The lowest BCUT2D eigenvalue weighted by atomic mass is 10.1. The summed E-state index contributed by atoms with van der Waals surface area (Å²) in [5.41, 5.74) is 8.75. The molecule has 0 saturated carbocycles. The van der Waals surface area contributed by atoms with Gasteiger partial charge in [0.1, 0.15) is 17.5 Å². The second kappa shape index (κ2) is 9.37. The van der Waals surface area contributed by atoms with E-state index < -0.39 is 0 Å². The first-order valence-electron chi connectivity index (χ1n) is 9.90. The molecule has 2 aromatic heterocycles. The molecule has 0 aliphatic heterocycles. The molecule has 0 aliphatic rings. The summed E-state index contributed by atoms with van der Waals surface area (Å²) in [6.07, 6.45) is 1.06. The Morgan fingerprint density at radius 1 is 1.19 bits per heavy atom. The normalized spacial score (nSPS) is 10.6. The van der Waals surface area contributed by atoms with Gasteiger partial charge in [0.15, 0.2) is 11.5 Å². The molecule has 0 bridgehead atoms. The molecule has 1 amide bonds. The van der Waals surface area contributed by atoms with Crippen molar-refractivity contribution in [3.05, 3.63) is 82.6 Å². The van der Waals surface area contributed by atoms with E-state index in [-0.39, 0.29) is 11.6 Å². The topological polar surface area (TPSA) is 123 Å². The molecule has 2 aromatic carbocycles. The zero-order valence-electron chi connectivity index (χ0n) is 17.0. The number of nitrogens with one attached hydrogen (secondary N) is 1. The van der Waals surface area contributed by atoms with Crippen molar-refractivity contribution in [1.82, 2.24) is 20.3 Å². The lowest BCUT2D eigenvalue weighted by molar-refractivity contribution is 0.0944. The standard InChI is InChI=1S/C23H19ClN6O2/c24-16-7-4-6-15(12-16)21-13-20(29-32-21)23(31)27-11-5-10-19-18(14-25)22(26)30(28-19)17-8-2-1-3-9-17/h1-4,6-9,12-13H,5,10-11,26H2,(H,27,31). The zero-order chi connectivity index (χ0) is 22.5. The highest BCUT2D eigenvalue weighted by Gasteiger charge is 2.17. The van der Waals surface area contributed by atoms with Gasteiger partial charge in [0.25, 0.3) is 5.91 Å². The summed E-state index contributed by atoms with van der Waals surface area (Å²) in [4.78, 5) is 12.4. The Morgan fingerprint density at radius 3 is 2.75 bits per heavy atom. The van der Waals surface area contributed by atoms with Crippen molar-refractivity contribution in [3.63, 3.8) is 0 Å². The number of hydrogen-bond donors (Lipinski definition) is 2. The highest BCUT2D eigenvalue weighted by Crippen LogP contribution is 2.24. The summed E-state index contributed by atoms with van der Waals surface area (Å²) >= 11 is 5.99. The van der Waals surface area contributed by atoms with Crippen LogP contribution in [0.5, 0.6) is 0 Å². The maximum Gasteiger partial charge on any atom is 0.273 e. The van der Waals surface area contributed by atoms with Crippen molar-refractivity contribution >= 4 is 23.3 Å². The first-order valence-corrected chi connectivity index (χ1v) is 10.3. The van der Waals surface area contributed by atoms with Crippen LogP contribution in [0.25, 0.3) is 17.0 Å². The van der Waals surface area contributed by atoms with E-state index in [9.17, 15) is 10.1 Å². The van der Waals surface area contributed by atoms with Crippen LogP contribution >= 0.6 is 11.6 Å². The molecule has 8 nitrogen and oxygen atoms in total. The number of halogens is 1. The predicted octanol–water partition coefficient (Wildman–Crippen LogP) is 4.00. The molecule has 0 aliphatic carbocycles. The van der Waals surface area contributed by atoms with Crippen LogP contribution in [0.4, 0.5) is 5.82 Å². The third-order valence-corrected chi connectivity index (χ3v) is 5.07. The van der Waals surface area contributed by atoms with Gasteiger partial charge < -0.3 is 15.6 Å². The number of hydrogen-bond acceptors (Lipinski definition) is 6. The van der Waals surface area contributed by atoms with Crippen LogP contribution < -0.4 is 11.1 Å². The van der Waals surface area contributed by atoms with Gasteiger partial charge in [-0.2, -0.15) is 10.4 Å². The largest absolute Gasteiger partial charge is 0.382 e. The fourth-order valence-electron chi connectivity index (χ4n) is 3.25. The number of carbonyl (C=O) groups excluding carboxylic acids is 1. The van der Waals surface area contributed by atoms with Gasteiger partial charge in [-0.25, -0.2) is 4.68 Å². The molecule has 4 aromatic rings. The number of nitrogens with zero attached hydrogens (tertiary/aromatic N) is 4. The number of nitrogen functional groups attached to an aromatic ring is 1. The Hall–Kier alpha value is -4.09. The number of benzene rings is 2. The van der Waals surface area contributed by atoms with E-state index in [0.29, 0.717) is 47.2 Å². The molecule has 0 saturated heterocycles. The predicted molar refractivity (Wildman–Crippen MR) is 120 cm³/mol. The number of para-hydroxylation sites is 1.